The van der Waals surface area contributed by atoms with Gasteiger partial charge >= 0.3 is 0 Å². The average molecular weight is 377 g/mol. The molecule has 7 nitrogen and oxygen atoms in total. The topological polar surface area (TPSA) is 81.9 Å². The molecule has 4 aromatic rings. The van der Waals surface area contributed by atoms with Gasteiger partial charge < -0.3 is 9.30 Å². The first-order valence-corrected chi connectivity index (χ1v) is 8.44. The lowest BCUT2D eigenvalue weighted by molar-refractivity contribution is 0.102. The predicted octanol–water partition coefficient (Wildman–Crippen LogP) is 3.60. The highest BCUT2D eigenvalue weighted by molar-refractivity contribution is 6.03. The van der Waals surface area contributed by atoms with Crippen LogP contribution in [-0.4, -0.2) is 32.5 Å². The number of benzene rings is 2. The summed E-state index contributed by atoms with van der Waals surface area (Å²) in [5, 5.41) is 3.24. The van der Waals surface area contributed by atoms with Crippen molar-refractivity contribution < 1.29 is 15.0 Å². The van der Waals surface area contributed by atoms with Crippen LogP contribution in [0.15, 0.2) is 54.8 Å². The van der Waals surface area contributed by atoms with Gasteiger partial charge in [0.1, 0.15) is 11.6 Å². The van der Waals surface area contributed by atoms with Crippen molar-refractivity contribution in [3.8, 4) is 17.0 Å². The van der Waals surface area contributed by atoms with Gasteiger partial charge in [0, 0.05) is 29.8 Å². The zero-order valence-corrected chi connectivity index (χ0v) is 15.5. The number of nitrogens with one attached hydrogen (secondary N) is 1. The first-order valence-electron chi connectivity index (χ1n) is 10.4. The highest BCUT2D eigenvalue weighted by Gasteiger charge is 2.10. The molecule has 0 aliphatic rings. The van der Waals surface area contributed by atoms with Gasteiger partial charge in [-0.15, -0.1) is 0 Å². The first-order chi connectivity index (χ1) is 15.2. The fourth-order valence-corrected chi connectivity index (χ4v) is 2.69. The second-order valence-corrected chi connectivity index (χ2v) is 6.08. The Kier molecular flexibility index (Phi) is 3.41. The molecule has 2 heterocycles. The van der Waals surface area contributed by atoms with Crippen LogP contribution in [0.25, 0.3) is 22.2 Å². The normalized spacial score (nSPS) is 12.8. The molecule has 1 N–H and O–H groups in total. The van der Waals surface area contributed by atoms with Gasteiger partial charge in [0.15, 0.2) is 0 Å². The van der Waals surface area contributed by atoms with Gasteiger partial charge in [-0.05, 0) is 37.2 Å². The summed E-state index contributed by atoms with van der Waals surface area (Å²) in [6.45, 7) is 1.91. The number of imidazole rings is 1. The van der Waals surface area contributed by atoms with Crippen LogP contribution < -0.4 is 10.1 Å². The molecule has 0 spiro atoms. The number of carbonyl (C=O) groups is 1. The molecule has 0 aliphatic heterocycles. The Labute approximate surface area is 167 Å². The number of anilines is 1. The lowest BCUT2D eigenvalue weighted by atomic mass is 10.1. The highest BCUT2D eigenvalue weighted by Crippen LogP contribution is 2.24. The summed E-state index contributed by atoms with van der Waals surface area (Å²) in [5.41, 5.74) is 1.98. The molecular weight excluding hydrogens is 354 g/mol. The van der Waals surface area contributed by atoms with E-state index in [1.165, 1.54) is 7.11 Å². The van der Waals surface area contributed by atoms with Crippen molar-refractivity contribution in [2.24, 2.45) is 7.05 Å². The molecule has 0 unspecified atom stereocenters. The Hall–Kier alpha value is -3.74. The molecule has 7 heteroatoms. The van der Waals surface area contributed by atoms with Crippen molar-refractivity contribution >= 4 is 22.8 Å². The van der Waals surface area contributed by atoms with Crippen LogP contribution in [0.5, 0.6) is 5.75 Å². The number of ether oxygens (including phenoxy) is 1. The Morgan fingerprint density at radius 3 is 2.64 bits per heavy atom. The zero-order chi connectivity index (χ0) is 23.2. The molecule has 1 amide bonds. The number of rotatable bonds is 4. The molecule has 0 radical (unpaired) electrons. The standard InChI is InChI=1S/C21H19N5O2/c1-13-22-12-19(26(13)2)15-4-5-16-11-23-21(24-18(16)10-15)25-20(27)14-6-8-17(28-3)9-7-14/h4-12H,1-3H3,(H,23,24,25,27)/i6D,7D,8D,9D. The molecule has 4 rings (SSSR count). The van der Waals surface area contributed by atoms with E-state index in [4.69, 9.17) is 10.2 Å². The van der Waals surface area contributed by atoms with E-state index in [2.05, 4.69) is 20.3 Å². The summed E-state index contributed by atoms with van der Waals surface area (Å²) < 4.78 is 38.9. The number of carbonyl (C=O) groups excluding carboxylic acids is 1. The van der Waals surface area contributed by atoms with E-state index in [0.717, 1.165) is 22.5 Å². The van der Waals surface area contributed by atoms with Crippen LogP contribution in [-0.2, 0) is 7.05 Å². The number of methoxy groups -OCH3 is 1. The van der Waals surface area contributed by atoms with Crippen LogP contribution in [0, 0.1) is 6.92 Å². The highest BCUT2D eigenvalue weighted by atomic mass is 16.5. The van der Waals surface area contributed by atoms with Crippen molar-refractivity contribution in [1.82, 2.24) is 19.5 Å². The maximum atomic E-state index is 12.8. The minimum Gasteiger partial charge on any atom is -0.497 e. The number of aromatic nitrogens is 4. The summed E-state index contributed by atoms with van der Waals surface area (Å²) in [4.78, 5) is 25.6. The third kappa shape index (κ3) is 3.29. The van der Waals surface area contributed by atoms with Crippen LogP contribution >= 0.6 is 0 Å². The molecule has 0 saturated heterocycles. The van der Waals surface area contributed by atoms with E-state index in [0.29, 0.717) is 5.52 Å². The number of hydrogen-bond donors (Lipinski definition) is 1. The van der Waals surface area contributed by atoms with E-state index in [1.807, 2.05) is 36.7 Å². The SMILES string of the molecule is [2H]c1c([2H])c(C(=O)Nc2ncc3ccc(-c4cnc(C)n4C)cc3n2)c([2H])c([2H])c1OC. The second kappa shape index (κ2) is 7.11. The van der Waals surface area contributed by atoms with Gasteiger partial charge in [0.2, 0.25) is 5.95 Å². The Bertz CT molecular complexity index is 1360. The number of amides is 1. The van der Waals surface area contributed by atoms with Gasteiger partial charge in [-0.25, -0.2) is 15.0 Å². The van der Waals surface area contributed by atoms with Gasteiger partial charge in [-0.2, -0.15) is 0 Å². The van der Waals surface area contributed by atoms with E-state index in [1.54, 1.807) is 12.4 Å². The number of fused-ring (bicyclic) bond motifs is 1. The van der Waals surface area contributed by atoms with Crippen molar-refractivity contribution in [2.45, 2.75) is 6.92 Å². The Morgan fingerprint density at radius 2 is 1.96 bits per heavy atom. The molecule has 0 fully saturated rings. The van der Waals surface area contributed by atoms with Crippen LogP contribution in [0.4, 0.5) is 5.95 Å². The lowest BCUT2D eigenvalue weighted by Gasteiger charge is -2.08. The monoisotopic (exact) mass is 377 g/mol. The van der Waals surface area contributed by atoms with Crippen LogP contribution in [0.2, 0.25) is 0 Å². The third-order valence-electron chi connectivity index (χ3n) is 4.36. The van der Waals surface area contributed by atoms with Gasteiger partial charge in [-0.1, -0.05) is 12.1 Å². The maximum absolute atomic E-state index is 12.8. The van der Waals surface area contributed by atoms with Crippen LogP contribution in [0.3, 0.4) is 0 Å². The quantitative estimate of drug-likeness (QED) is 0.588. The van der Waals surface area contributed by atoms with Crippen molar-refractivity contribution in [3.05, 3.63) is 66.2 Å². The molecule has 2 aromatic carbocycles. The summed E-state index contributed by atoms with van der Waals surface area (Å²) in [5.74, 6) is -0.220. The minimum absolute atomic E-state index is 0.0199. The third-order valence-corrected chi connectivity index (χ3v) is 4.36. The largest absolute Gasteiger partial charge is 0.497 e. The smallest absolute Gasteiger partial charge is 0.258 e. The molecule has 2 aromatic heterocycles. The Balaban J connectivity index is 1.71. The van der Waals surface area contributed by atoms with Crippen molar-refractivity contribution in [2.75, 3.05) is 12.4 Å². The fourth-order valence-electron chi connectivity index (χ4n) is 2.69. The predicted molar refractivity (Wildman–Crippen MR) is 107 cm³/mol. The van der Waals surface area contributed by atoms with Gasteiger partial charge in [0.05, 0.1) is 30.0 Å². The molecule has 0 atom stereocenters. The molecule has 140 valence electrons. The van der Waals surface area contributed by atoms with E-state index < -0.39 is 35.6 Å². The first kappa shape index (κ1) is 13.4. The fraction of sp³-hybridized carbons (Fsp3) is 0.143. The summed E-state index contributed by atoms with van der Waals surface area (Å²) in [7, 11) is 3.16. The lowest BCUT2D eigenvalue weighted by Crippen LogP contribution is -2.14. The van der Waals surface area contributed by atoms with E-state index in [9.17, 15) is 4.79 Å². The Morgan fingerprint density at radius 1 is 1.18 bits per heavy atom. The molecule has 0 aliphatic carbocycles. The summed E-state index contributed by atoms with van der Waals surface area (Å²) in [6.07, 6.45) is 3.33. The second-order valence-electron chi connectivity index (χ2n) is 6.08. The van der Waals surface area contributed by atoms with Gasteiger partial charge in [0.25, 0.3) is 5.91 Å². The molecular formula is C21H19N5O2. The minimum atomic E-state index is -0.845. The van der Waals surface area contributed by atoms with E-state index in [-0.39, 0.29) is 11.7 Å². The summed E-state index contributed by atoms with van der Waals surface area (Å²) in [6, 6.07) is 3.77. The number of aryl methyl sites for hydroxylation is 1. The van der Waals surface area contributed by atoms with Gasteiger partial charge in [-0.3, -0.25) is 10.1 Å². The van der Waals surface area contributed by atoms with Crippen molar-refractivity contribution in [1.29, 1.82) is 0 Å². The average Bonchev–Trinajstić information content (AvgIpc) is 3.11. The number of hydrogen-bond acceptors (Lipinski definition) is 5. The molecule has 28 heavy (non-hydrogen) atoms. The summed E-state index contributed by atoms with van der Waals surface area (Å²) >= 11 is 0. The van der Waals surface area contributed by atoms with Crippen LogP contribution in [0.1, 0.15) is 21.7 Å². The number of nitrogens with zero attached hydrogens (tertiary/aromatic N) is 4. The molecule has 0 saturated carbocycles. The zero-order valence-electron chi connectivity index (χ0n) is 19.5. The molecule has 0 bridgehead atoms. The van der Waals surface area contributed by atoms with E-state index >= 15 is 0 Å². The maximum Gasteiger partial charge on any atom is 0.258 e. The van der Waals surface area contributed by atoms with Crippen molar-refractivity contribution in [3.63, 3.8) is 0 Å².